The summed E-state index contributed by atoms with van der Waals surface area (Å²) >= 11 is 1.70. The number of hydrogen-bond donors (Lipinski definition) is 0. The molecule has 0 aliphatic carbocycles. The predicted octanol–water partition coefficient (Wildman–Crippen LogP) is 4.64. The van der Waals surface area contributed by atoms with Crippen LogP contribution in [-0.4, -0.2) is 29.9 Å². The Labute approximate surface area is 127 Å². The summed E-state index contributed by atoms with van der Waals surface area (Å²) in [4.78, 5) is 14.4. The number of carbonyl (C=O) groups is 1. The highest BCUT2D eigenvalue weighted by Crippen LogP contribution is 2.18. The third-order valence-electron chi connectivity index (χ3n) is 3.09. The smallest absolute Gasteiger partial charge is 0.172 e. The lowest BCUT2D eigenvalue weighted by molar-refractivity contribution is 0.102. The molecule has 0 atom stereocenters. The number of hydrogen-bond acceptors (Lipinski definition) is 3. The van der Waals surface area contributed by atoms with E-state index < -0.39 is 0 Å². The van der Waals surface area contributed by atoms with Gasteiger partial charge in [0.15, 0.2) is 5.78 Å². The Bertz CT molecular complexity index is 394. The normalized spacial score (nSPS) is 10.8. The number of nitrogens with zero attached hydrogens (tertiary/aromatic N) is 1. The van der Waals surface area contributed by atoms with Gasteiger partial charge in [-0.3, -0.25) is 4.79 Å². The molecule has 20 heavy (non-hydrogen) atoms. The number of thioether (sulfide) groups is 1. The van der Waals surface area contributed by atoms with Crippen molar-refractivity contribution < 1.29 is 4.79 Å². The highest BCUT2D eigenvalue weighted by Gasteiger charge is 2.09. The molecule has 0 radical (unpaired) electrons. The molecule has 0 aromatic heterocycles. The fraction of sp³-hybridized carbons (Fsp3) is 0.588. The van der Waals surface area contributed by atoms with Crippen molar-refractivity contribution in [3.8, 4) is 0 Å². The Morgan fingerprint density at radius 2 is 1.65 bits per heavy atom. The Hall–Kier alpha value is -0.960. The van der Waals surface area contributed by atoms with E-state index in [4.69, 9.17) is 0 Å². The van der Waals surface area contributed by atoms with Gasteiger partial charge in [-0.25, -0.2) is 0 Å². The van der Waals surface area contributed by atoms with Gasteiger partial charge in [0.1, 0.15) is 0 Å². The second-order valence-corrected chi connectivity index (χ2v) is 6.88. The van der Waals surface area contributed by atoms with Crippen LogP contribution in [0.4, 0.5) is 5.69 Å². The molecular formula is C17H27NOS. The molecule has 112 valence electrons. The quantitative estimate of drug-likeness (QED) is 0.619. The largest absolute Gasteiger partial charge is 0.372 e. The molecule has 3 heteroatoms. The van der Waals surface area contributed by atoms with Crippen LogP contribution in [0.5, 0.6) is 0 Å². The van der Waals surface area contributed by atoms with Crippen LogP contribution in [0.2, 0.25) is 0 Å². The van der Waals surface area contributed by atoms with E-state index in [1.54, 1.807) is 11.8 Å². The summed E-state index contributed by atoms with van der Waals surface area (Å²) in [5.41, 5.74) is 2.05. The Kier molecular flexibility index (Phi) is 7.75. The topological polar surface area (TPSA) is 20.3 Å². The first kappa shape index (κ1) is 17.1. The third-order valence-corrected chi connectivity index (χ3v) is 4.18. The minimum atomic E-state index is 0.229. The third kappa shape index (κ3) is 5.58. The van der Waals surface area contributed by atoms with Gasteiger partial charge in [0.25, 0.3) is 0 Å². The fourth-order valence-corrected chi connectivity index (χ4v) is 2.75. The van der Waals surface area contributed by atoms with E-state index in [1.165, 1.54) is 5.69 Å². The Morgan fingerprint density at radius 1 is 1.10 bits per heavy atom. The number of Topliss-reactive ketones (excluding diaryl/α,β-unsaturated/α-hetero) is 1. The first-order valence-corrected chi connectivity index (χ1v) is 8.63. The average molecular weight is 293 g/mol. The zero-order valence-electron chi connectivity index (χ0n) is 13.2. The number of benzene rings is 1. The van der Waals surface area contributed by atoms with E-state index in [2.05, 4.69) is 44.7 Å². The molecule has 1 aromatic rings. The van der Waals surface area contributed by atoms with Crippen LogP contribution in [0.15, 0.2) is 24.3 Å². The number of ketones is 1. The standard InChI is InChI=1S/C17H27NOS/c1-5-11-18(12-6-2)16-9-7-15(8-10-16)17(19)13-20-14(3)4/h7-10,14H,5-6,11-13H2,1-4H3. The molecule has 0 N–H and O–H groups in total. The van der Waals surface area contributed by atoms with Crippen molar-refractivity contribution in [1.82, 2.24) is 0 Å². The maximum Gasteiger partial charge on any atom is 0.172 e. The molecule has 2 nitrogen and oxygen atoms in total. The van der Waals surface area contributed by atoms with Crippen molar-refractivity contribution in [2.24, 2.45) is 0 Å². The van der Waals surface area contributed by atoms with Gasteiger partial charge in [0.05, 0.1) is 5.75 Å². The van der Waals surface area contributed by atoms with Gasteiger partial charge in [-0.15, -0.1) is 0 Å². The Balaban J connectivity index is 2.69. The molecule has 0 unspecified atom stereocenters. The van der Waals surface area contributed by atoms with Crippen molar-refractivity contribution in [1.29, 1.82) is 0 Å². The van der Waals surface area contributed by atoms with Gasteiger partial charge in [-0.05, 0) is 42.4 Å². The molecule has 0 saturated heterocycles. The highest BCUT2D eigenvalue weighted by molar-refractivity contribution is 8.00. The SMILES string of the molecule is CCCN(CCC)c1ccc(C(=O)CSC(C)C)cc1. The van der Waals surface area contributed by atoms with E-state index in [0.717, 1.165) is 31.5 Å². The van der Waals surface area contributed by atoms with E-state index in [0.29, 0.717) is 11.0 Å². The summed E-state index contributed by atoms with van der Waals surface area (Å²) in [7, 11) is 0. The van der Waals surface area contributed by atoms with Gasteiger partial charge < -0.3 is 4.90 Å². The molecule has 1 aromatic carbocycles. The molecule has 0 aliphatic heterocycles. The van der Waals surface area contributed by atoms with Crippen molar-refractivity contribution in [2.45, 2.75) is 45.8 Å². The zero-order valence-corrected chi connectivity index (χ0v) is 14.0. The van der Waals surface area contributed by atoms with Crippen molar-refractivity contribution >= 4 is 23.2 Å². The van der Waals surface area contributed by atoms with Crippen LogP contribution in [0.25, 0.3) is 0 Å². The van der Waals surface area contributed by atoms with Gasteiger partial charge in [-0.1, -0.05) is 27.7 Å². The van der Waals surface area contributed by atoms with E-state index in [1.807, 2.05) is 12.1 Å². The fourth-order valence-electron chi connectivity index (χ4n) is 2.09. The lowest BCUT2D eigenvalue weighted by Gasteiger charge is -2.23. The molecular weight excluding hydrogens is 266 g/mol. The van der Waals surface area contributed by atoms with Crippen LogP contribution in [0, 0.1) is 0 Å². The van der Waals surface area contributed by atoms with Gasteiger partial charge in [-0.2, -0.15) is 11.8 Å². The van der Waals surface area contributed by atoms with Crippen LogP contribution in [0.3, 0.4) is 0 Å². The van der Waals surface area contributed by atoms with Crippen LogP contribution in [-0.2, 0) is 0 Å². The molecule has 0 fully saturated rings. The first-order chi connectivity index (χ1) is 9.58. The summed E-state index contributed by atoms with van der Waals surface area (Å²) in [5.74, 6) is 0.803. The first-order valence-electron chi connectivity index (χ1n) is 7.58. The summed E-state index contributed by atoms with van der Waals surface area (Å²) in [6.07, 6.45) is 2.29. The van der Waals surface area contributed by atoms with E-state index >= 15 is 0 Å². The van der Waals surface area contributed by atoms with Crippen LogP contribution < -0.4 is 4.90 Å². The van der Waals surface area contributed by atoms with Gasteiger partial charge in [0.2, 0.25) is 0 Å². The highest BCUT2D eigenvalue weighted by atomic mass is 32.2. The lowest BCUT2D eigenvalue weighted by Crippen LogP contribution is -2.24. The molecule has 0 amide bonds. The van der Waals surface area contributed by atoms with Gasteiger partial charge >= 0.3 is 0 Å². The molecule has 0 spiro atoms. The predicted molar refractivity (Wildman–Crippen MR) is 91.2 cm³/mol. The van der Waals surface area contributed by atoms with Gasteiger partial charge in [0, 0.05) is 24.3 Å². The molecule has 0 bridgehead atoms. The van der Waals surface area contributed by atoms with E-state index in [9.17, 15) is 4.79 Å². The Morgan fingerprint density at radius 3 is 2.10 bits per heavy atom. The monoisotopic (exact) mass is 293 g/mol. The lowest BCUT2D eigenvalue weighted by atomic mass is 10.1. The average Bonchev–Trinajstić information content (AvgIpc) is 2.44. The summed E-state index contributed by atoms with van der Waals surface area (Å²) < 4.78 is 0. The minimum Gasteiger partial charge on any atom is -0.372 e. The summed E-state index contributed by atoms with van der Waals surface area (Å²) in [6, 6.07) is 8.10. The zero-order chi connectivity index (χ0) is 15.0. The summed E-state index contributed by atoms with van der Waals surface area (Å²) in [5, 5.41) is 0.503. The molecule has 1 rings (SSSR count). The van der Waals surface area contributed by atoms with Crippen LogP contribution in [0.1, 0.15) is 50.9 Å². The second kappa shape index (κ2) is 9.06. The second-order valence-electron chi connectivity index (χ2n) is 5.32. The molecule has 0 heterocycles. The van der Waals surface area contributed by atoms with E-state index in [-0.39, 0.29) is 5.78 Å². The van der Waals surface area contributed by atoms with Crippen molar-refractivity contribution in [3.05, 3.63) is 29.8 Å². The van der Waals surface area contributed by atoms with Crippen molar-refractivity contribution in [2.75, 3.05) is 23.7 Å². The maximum atomic E-state index is 12.0. The van der Waals surface area contributed by atoms with Crippen LogP contribution >= 0.6 is 11.8 Å². The maximum absolute atomic E-state index is 12.0. The number of rotatable bonds is 9. The minimum absolute atomic E-state index is 0.229. The molecule has 0 aliphatic rings. The van der Waals surface area contributed by atoms with Crippen molar-refractivity contribution in [3.63, 3.8) is 0 Å². The number of carbonyl (C=O) groups excluding carboxylic acids is 1. The number of anilines is 1. The molecule has 0 saturated carbocycles. The summed E-state index contributed by atoms with van der Waals surface area (Å²) in [6.45, 7) is 10.8.